The molecule has 18 heavy (non-hydrogen) atoms. The van der Waals surface area contributed by atoms with Gasteiger partial charge in [0.15, 0.2) is 0 Å². The molecule has 0 aliphatic heterocycles. The first-order chi connectivity index (χ1) is 8.85. The van der Waals surface area contributed by atoms with Gasteiger partial charge in [-0.25, -0.2) is 0 Å². The van der Waals surface area contributed by atoms with E-state index in [9.17, 15) is 0 Å². The van der Waals surface area contributed by atoms with Gasteiger partial charge in [-0.15, -0.1) is 0 Å². The molecule has 0 spiro atoms. The maximum atomic E-state index is 8.99. The van der Waals surface area contributed by atoms with Crippen LogP contribution in [0.3, 0.4) is 0 Å². The Morgan fingerprint density at radius 1 is 1.06 bits per heavy atom. The highest BCUT2D eigenvalue weighted by molar-refractivity contribution is 5.21. The van der Waals surface area contributed by atoms with Crippen molar-refractivity contribution in [3.05, 3.63) is 47.5 Å². The van der Waals surface area contributed by atoms with Crippen LogP contribution in [0.1, 0.15) is 24.0 Å². The van der Waals surface area contributed by atoms with Gasteiger partial charge in [0.05, 0.1) is 6.61 Å². The molecule has 1 aromatic carbocycles. The van der Waals surface area contributed by atoms with Crippen LogP contribution in [0.15, 0.2) is 36.4 Å². The molecule has 1 saturated carbocycles. The Bertz CT molecular complexity index is 423. The maximum Gasteiger partial charge on any atom is 0.0681 e. The second-order valence-electron chi connectivity index (χ2n) is 5.65. The largest absolute Gasteiger partial charge is 0.392 e. The fourth-order valence-corrected chi connectivity index (χ4v) is 3.29. The summed E-state index contributed by atoms with van der Waals surface area (Å²) in [5.74, 6) is 2.54. The Morgan fingerprint density at radius 3 is 2.44 bits per heavy atom. The molecular weight excluding hydrogens is 222 g/mol. The second-order valence-corrected chi connectivity index (χ2v) is 5.65. The van der Waals surface area contributed by atoms with Crippen molar-refractivity contribution in [3.8, 4) is 0 Å². The first-order valence-corrected chi connectivity index (χ1v) is 6.93. The molecule has 2 nitrogen and oxygen atoms in total. The molecule has 96 valence electrons. The molecular formula is C16H21NO. The Balaban J connectivity index is 1.45. The zero-order valence-electron chi connectivity index (χ0n) is 10.7. The number of hydrogen-bond donors (Lipinski definition) is 2. The van der Waals surface area contributed by atoms with E-state index in [1.165, 1.54) is 18.4 Å². The summed E-state index contributed by atoms with van der Waals surface area (Å²) in [6.45, 7) is 2.20. The van der Waals surface area contributed by atoms with Gasteiger partial charge >= 0.3 is 0 Å². The van der Waals surface area contributed by atoms with Gasteiger partial charge in [-0.2, -0.15) is 0 Å². The summed E-state index contributed by atoms with van der Waals surface area (Å²) in [6.07, 6.45) is 7.57. The summed E-state index contributed by atoms with van der Waals surface area (Å²) in [5.41, 5.74) is 2.28. The molecule has 2 heteroatoms. The van der Waals surface area contributed by atoms with Crippen molar-refractivity contribution in [3.63, 3.8) is 0 Å². The normalized spacial score (nSPS) is 29.1. The molecule has 0 heterocycles. The van der Waals surface area contributed by atoms with E-state index >= 15 is 0 Å². The molecule has 0 radical (unpaired) electrons. The summed E-state index contributed by atoms with van der Waals surface area (Å²) < 4.78 is 0. The third kappa shape index (κ3) is 2.50. The smallest absolute Gasteiger partial charge is 0.0681 e. The van der Waals surface area contributed by atoms with Crippen LogP contribution in [0.4, 0.5) is 0 Å². The molecule has 1 aromatic rings. The second kappa shape index (κ2) is 5.25. The number of nitrogens with one attached hydrogen (secondary N) is 1. The van der Waals surface area contributed by atoms with E-state index in [-0.39, 0.29) is 6.61 Å². The van der Waals surface area contributed by atoms with Crippen LogP contribution in [0.2, 0.25) is 0 Å². The van der Waals surface area contributed by atoms with Crippen LogP contribution < -0.4 is 5.32 Å². The molecule has 3 rings (SSSR count). The van der Waals surface area contributed by atoms with Gasteiger partial charge in [0.2, 0.25) is 0 Å². The van der Waals surface area contributed by atoms with Gasteiger partial charge in [0.25, 0.3) is 0 Å². The molecule has 1 fully saturated rings. The lowest BCUT2D eigenvalue weighted by Crippen LogP contribution is -2.25. The van der Waals surface area contributed by atoms with Crippen molar-refractivity contribution in [2.24, 2.45) is 17.8 Å². The third-order valence-electron chi connectivity index (χ3n) is 4.36. The number of rotatable bonds is 5. The minimum Gasteiger partial charge on any atom is -0.392 e. The minimum absolute atomic E-state index is 0.130. The summed E-state index contributed by atoms with van der Waals surface area (Å²) in [5, 5.41) is 12.6. The average molecular weight is 243 g/mol. The predicted octanol–water partition coefficient (Wildman–Crippen LogP) is 2.48. The predicted molar refractivity (Wildman–Crippen MR) is 72.9 cm³/mol. The number of allylic oxidation sites excluding steroid dienone is 2. The van der Waals surface area contributed by atoms with Crippen molar-refractivity contribution in [1.29, 1.82) is 0 Å². The number of aliphatic hydroxyl groups excluding tert-OH is 1. The lowest BCUT2D eigenvalue weighted by Gasteiger charge is -2.18. The van der Waals surface area contributed by atoms with Crippen molar-refractivity contribution in [2.45, 2.75) is 26.0 Å². The van der Waals surface area contributed by atoms with Gasteiger partial charge in [-0.3, -0.25) is 0 Å². The maximum absolute atomic E-state index is 8.99. The van der Waals surface area contributed by atoms with E-state index in [0.29, 0.717) is 0 Å². The van der Waals surface area contributed by atoms with Gasteiger partial charge in [-0.1, -0.05) is 36.4 Å². The highest BCUT2D eigenvalue weighted by Gasteiger charge is 2.34. The van der Waals surface area contributed by atoms with Crippen molar-refractivity contribution in [2.75, 3.05) is 6.54 Å². The lowest BCUT2D eigenvalue weighted by molar-refractivity contribution is 0.282. The van der Waals surface area contributed by atoms with Crippen LogP contribution >= 0.6 is 0 Å². The molecule has 2 N–H and O–H groups in total. The van der Waals surface area contributed by atoms with Crippen molar-refractivity contribution in [1.82, 2.24) is 5.32 Å². The Kier molecular flexibility index (Phi) is 3.48. The molecule has 0 amide bonds. The van der Waals surface area contributed by atoms with Gasteiger partial charge in [0.1, 0.15) is 0 Å². The minimum atomic E-state index is 0.130. The van der Waals surface area contributed by atoms with Crippen LogP contribution in [-0.2, 0) is 13.2 Å². The van der Waals surface area contributed by atoms with Crippen LogP contribution in [-0.4, -0.2) is 11.7 Å². The van der Waals surface area contributed by atoms with Gasteiger partial charge in [-0.05, 0) is 48.3 Å². The highest BCUT2D eigenvalue weighted by Crippen LogP contribution is 2.42. The Labute approximate surface area is 109 Å². The lowest BCUT2D eigenvalue weighted by atomic mass is 9.93. The Hall–Kier alpha value is -1.12. The van der Waals surface area contributed by atoms with E-state index in [4.69, 9.17) is 5.11 Å². The molecule has 3 atom stereocenters. The number of benzene rings is 1. The SMILES string of the molecule is OCc1ccc(CNCC2CC3C=CC2C3)cc1. The number of aliphatic hydroxyl groups is 1. The van der Waals surface area contributed by atoms with Crippen molar-refractivity contribution < 1.29 is 5.11 Å². The molecule has 3 unspecified atom stereocenters. The summed E-state index contributed by atoms with van der Waals surface area (Å²) in [6, 6.07) is 8.19. The molecule has 2 bridgehead atoms. The average Bonchev–Trinajstić information content (AvgIpc) is 3.02. The fourth-order valence-electron chi connectivity index (χ4n) is 3.29. The van der Waals surface area contributed by atoms with E-state index < -0.39 is 0 Å². The van der Waals surface area contributed by atoms with Crippen LogP contribution in [0.5, 0.6) is 0 Å². The monoisotopic (exact) mass is 243 g/mol. The highest BCUT2D eigenvalue weighted by atomic mass is 16.3. The van der Waals surface area contributed by atoms with E-state index in [0.717, 1.165) is 36.4 Å². The zero-order valence-corrected chi connectivity index (χ0v) is 10.7. The Morgan fingerprint density at radius 2 is 1.83 bits per heavy atom. The summed E-state index contributed by atoms with van der Waals surface area (Å²) >= 11 is 0. The van der Waals surface area contributed by atoms with Gasteiger partial charge < -0.3 is 10.4 Å². The fraction of sp³-hybridized carbons (Fsp3) is 0.500. The first kappa shape index (κ1) is 11.9. The quantitative estimate of drug-likeness (QED) is 0.779. The van der Waals surface area contributed by atoms with Gasteiger partial charge in [0, 0.05) is 6.54 Å². The van der Waals surface area contributed by atoms with E-state index in [2.05, 4.69) is 29.6 Å². The van der Waals surface area contributed by atoms with E-state index in [1.807, 2.05) is 12.1 Å². The third-order valence-corrected chi connectivity index (χ3v) is 4.36. The standard InChI is InChI=1S/C16H21NO/c18-11-13-3-1-12(2-4-13)9-17-10-16-8-14-5-6-15(16)7-14/h1-6,14-18H,7-11H2. The molecule has 0 aromatic heterocycles. The number of hydrogen-bond acceptors (Lipinski definition) is 2. The van der Waals surface area contributed by atoms with Crippen LogP contribution in [0.25, 0.3) is 0 Å². The van der Waals surface area contributed by atoms with Crippen LogP contribution in [0, 0.1) is 17.8 Å². The molecule has 2 aliphatic rings. The molecule has 2 aliphatic carbocycles. The van der Waals surface area contributed by atoms with E-state index in [1.54, 1.807) is 0 Å². The first-order valence-electron chi connectivity index (χ1n) is 6.93. The van der Waals surface area contributed by atoms with Crippen molar-refractivity contribution >= 4 is 0 Å². The number of fused-ring (bicyclic) bond motifs is 2. The summed E-state index contributed by atoms with van der Waals surface area (Å²) in [4.78, 5) is 0. The zero-order chi connectivity index (χ0) is 12.4. The summed E-state index contributed by atoms with van der Waals surface area (Å²) in [7, 11) is 0. The topological polar surface area (TPSA) is 32.3 Å². The molecule has 0 saturated heterocycles.